The molecule has 0 saturated heterocycles. The smallest absolute Gasteiger partial charge is 0.422 e. The average Bonchev–Trinajstić information content (AvgIpc) is 3.43. The van der Waals surface area contributed by atoms with Gasteiger partial charge >= 0.3 is 6.18 Å². The molecule has 2 heterocycles. The van der Waals surface area contributed by atoms with E-state index < -0.39 is 17.3 Å². The standard InChI is InChI=1S/C25H40F3N4O.C7H6N2.C2H6.U/c1-6-9-11-16-32(17-18(4)19(5)31(14-8-3)15-10-7-2)21-13-12-20-22(25(26,27)28)24(33)30-29-23(20)21;1-6-2-3-7(4-8)5-9-6;1-2;/h5,18,21H,6-17H2,1-4H3,(H,30,33);2-3,5H,1H3;1-2H3;/q-1;;;. The third kappa shape index (κ3) is 13.6. The van der Waals surface area contributed by atoms with Gasteiger partial charge in [-0.25, -0.2) is 5.10 Å². The molecular formula is C34H52F3N6OU-. The fraction of sp³-hybridized carbons (Fsp3) is 0.647. The molecule has 2 aromatic rings. The molecule has 0 bridgehead atoms. The Labute approximate surface area is 292 Å². The second-order valence-corrected chi connectivity index (χ2v) is 11.0. The van der Waals surface area contributed by atoms with Gasteiger partial charge in [0.15, 0.2) is 0 Å². The van der Waals surface area contributed by atoms with E-state index in [0.717, 1.165) is 69.6 Å². The molecule has 0 fully saturated rings. The Morgan fingerprint density at radius 2 is 1.78 bits per heavy atom. The molecule has 1 N–H and O–H groups in total. The van der Waals surface area contributed by atoms with Crippen LogP contribution in [0, 0.1) is 61.9 Å². The minimum absolute atomic E-state index is 0. The van der Waals surface area contributed by atoms with E-state index >= 15 is 0 Å². The van der Waals surface area contributed by atoms with Crippen molar-refractivity contribution in [1.29, 1.82) is 5.26 Å². The van der Waals surface area contributed by atoms with E-state index in [1.807, 2.05) is 32.9 Å². The van der Waals surface area contributed by atoms with Crippen molar-refractivity contribution in [2.24, 2.45) is 5.92 Å². The van der Waals surface area contributed by atoms with Crippen LogP contribution in [0.1, 0.15) is 121 Å². The van der Waals surface area contributed by atoms with Gasteiger partial charge in [0, 0.05) is 62.6 Å². The summed E-state index contributed by atoms with van der Waals surface area (Å²) in [5.41, 5.74) is 0.564. The van der Waals surface area contributed by atoms with Crippen molar-refractivity contribution in [3.63, 3.8) is 0 Å². The van der Waals surface area contributed by atoms with E-state index in [-0.39, 0.29) is 55.1 Å². The summed E-state index contributed by atoms with van der Waals surface area (Å²) < 4.78 is 40.7. The predicted molar refractivity (Wildman–Crippen MR) is 171 cm³/mol. The summed E-state index contributed by atoms with van der Waals surface area (Å²) in [6, 6.07) is 5.31. The fourth-order valence-corrected chi connectivity index (χ4v) is 5.32. The van der Waals surface area contributed by atoms with Crippen molar-refractivity contribution in [2.75, 3.05) is 26.2 Å². The molecule has 45 heavy (non-hydrogen) atoms. The Kier molecular flexibility index (Phi) is 21.3. The van der Waals surface area contributed by atoms with Gasteiger partial charge in [-0.1, -0.05) is 60.8 Å². The molecule has 1 aliphatic carbocycles. The summed E-state index contributed by atoms with van der Waals surface area (Å²) in [4.78, 5) is 20.3. The van der Waals surface area contributed by atoms with Crippen molar-refractivity contribution < 1.29 is 44.3 Å². The Morgan fingerprint density at radius 1 is 1.11 bits per heavy atom. The first-order valence-corrected chi connectivity index (χ1v) is 16.1. The number of aryl methyl sites for hydroxylation is 1. The summed E-state index contributed by atoms with van der Waals surface area (Å²) in [6.07, 6.45) is 3.85. The first-order valence-electron chi connectivity index (χ1n) is 16.1. The Hall–Kier alpha value is -2.14. The van der Waals surface area contributed by atoms with Crippen LogP contribution in [-0.4, -0.2) is 51.2 Å². The number of pyridine rings is 1. The van der Waals surface area contributed by atoms with Crippen molar-refractivity contribution in [3.8, 4) is 6.07 Å². The molecule has 0 spiro atoms. The van der Waals surface area contributed by atoms with Gasteiger partial charge in [-0.05, 0) is 69.2 Å². The third-order valence-corrected chi connectivity index (χ3v) is 7.57. The number of alkyl halides is 3. The van der Waals surface area contributed by atoms with Crippen LogP contribution in [0.25, 0.3) is 0 Å². The number of hydrogen-bond donors (Lipinski definition) is 1. The molecule has 0 saturated carbocycles. The molecule has 0 amide bonds. The second kappa shape index (κ2) is 22.4. The van der Waals surface area contributed by atoms with Crippen molar-refractivity contribution in [2.45, 2.75) is 112 Å². The van der Waals surface area contributed by atoms with Crippen LogP contribution in [0.2, 0.25) is 0 Å². The number of nitrogens with zero attached hydrogens (tertiary/aromatic N) is 5. The van der Waals surface area contributed by atoms with Gasteiger partial charge in [-0.2, -0.15) is 29.2 Å². The maximum absolute atomic E-state index is 13.6. The summed E-state index contributed by atoms with van der Waals surface area (Å²) >= 11 is 0. The molecule has 0 radical (unpaired) electrons. The van der Waals surface area contributed by atoms with Crippen molar-refractivity contribution in [3.05, 3.63) is 69.0 Å². The number of nitriles is 1. The van der Waals surface area contributed by atoms with Crippen LogP contribution >= 0.6 is 0 Å². The first-order chi connectivity index (χ1) is 21.0. The van der Waals surface area contributed by atoms with Gasteiger partial charge < -0.3 is 11.5 Å². The van der Waals surface area contributed by atoms with Gasteiger partial charge in [0.05, 0.1) is 17.3 Å². The predicted octanol–water partition coefficient (Wildman–Crippen LogP) is 8.02. The topological polar surface area (TPSA) is 88.9 Å². The van der Waals surface area contributed by atoms with E-state index in [2.05, 4.69) is 52.7 Å². The summed E-state index contributed by atoms with van der Waals surface area (Å²) in [5.74, 6) is 0.0592. The van der Waals surface area contributed by atoms with Crippen LogP contribution < -0.4 is 5.56 Å². The molecule has 2 atom stereocenters. The number of rotatable bonds is 14. The van der Waals surface area contributed by atoms with Gasteiger partial charge in [0.2, 0.25) is 0 Å². The van der Waals surface area contributed by atoms with Crippen LogP contribution in [0.3, 0.4) is 0 Å². The molecular weight excluding hydrogens is 803 g/mol. The van der Waals surface area contributed by atoms with Crippen LogP contribution in [0.4, 0.5) is 13.2 Å². The number of nitrogens with one attached hydrogen (secondary N) is 1. The third-order valence-electron chi connectivity index (χ3n) is 7.57. The number of aromatic nitrogens is 3. The molecule has 250 valence electrons. The molecule has 2 aromatic heterocycles. The summed E-state index contributed by atoms with van der Waals surface area (Å²) in [7, 11) is 0. The zero-order chi connectivity index (χ0) is 33.3. The summed E-state index contributed by atoms with van der Waals surface area (Å²) in [6.45, 7) is 24.2. The van der Waals surface area contributed by atoms with Gasteiger partial charge in [-0.15, -0.1) is 0 Å². The van der Waals surface area contributed by atoms with Crippen molar-refractivity contribution >= 4 is 0 Å². The number of H-pyrrole nitrogens is 1. The largest absolute Gasteiger partial charge is 0.493 e. The number of aromatic amines is 1. The first kappa shape index (κ1) is 42.9. The number of fused-ring (bicyclic) bond motifs is 1. The van der Waals surface area contributed by atoms with Crippen LogP contribution in [0.15, 0.2) is 28.8 Å². The zero-order valence-corrected chi connectivity index (χ0v) is 32.4. The van der Waals surface area contributed by atoms with E-state index in [4.69, 9.17) is 11.8 Å². The monoisotopic (exact) mass is 855 g/mol. The van der Waals surface area contributed by atoms with Gasteiger partial charge in [-0.3, -0.25) is 14.7 Å². The molecule has 3 rings (SSSR count). The Morgan fingerprint density at radius 3 is 2.31 bits per heavy atom. The quantitative estimate of drug-likeness (QED) is 0.153. The fourth-order valence-electron chi connectivity index (χ4n) is 5.32. The number of unbranched alkanes of at least 4 members (excludes halogenated alkanes) is 3. The van der Waals surface area contributed by atoms with E-state index in [9.17, 15) is 18.0 Å². The molecule has 7 nitrogen and oxygen atoms in total. The van der Waals surface area contributed by atoms with Crippen molar-refractivity contribution in [1.82, 2.24) is 25.0 Å². The van der Waals surface area contributed by atoms with Gasteiger partial charge in [0.25, 0.3) is 5.56 Å². The molecule has 0 aliphatic heterocycles. The van der Waals surface area contributed by atoms with E-state index in [1.54, 1.807) is 12.3 Å². The molecule has 11 heteroatoms. The minimum Gasteiger partial charge on any atom is -0.493 e. The summed E-state index contributed by atoms with van der Waals surface area (Å²) in [5, 5.41) is 14.5. The zero-order valence-electron chi connectivity index (χ0n) is 28.2. The number of halogens is 3. The maximum atomic E-state index is 13.6. The maximum Gasteiger partial charge on any atom is 0.422 e. The Balaban J connectivity index is 0.00000137. The minimum atomic E-state index is -4.69. The second-order valence-electron chi connectivity index (χ2n) is 11.0. The molecule has 0 aromatic carbocycles. The SMILES string of the molecule is CC.Cc1ccc(C#N)cn1.[CH-]=C(C(C)CN(CCCCC)C1CCc2c1n[nH]c(=O)c2C(F)(F)F)N(CCC)CCCC.[U]. The Bertz CT molecular complexity index is 1230. The number of hydrogen-bond acceptors (Lipinski definition) is 6. The van der Waals surface area contributed by atoms with Gasteiger partial charge in [0.1, 0.15) is 11.6 Å². The van der Waals surface area contributed by atoms with E-state index in [1.165, 1.54) is 0 Å². The molecule has 1 aliphatic rings. The normalized spacial score (nSPS) is 14.1. The van der Waals surface area contributed by atoms with E-state index in [0.29, 0.717) is 24.2 Å². The average molecular weight is 856 g/mol. The van der Waals surface area contributed by atoms with Crippen LogP contribution in [-0.2, 0) is 12.6 Å². The molecule has 2 unspecified atom stereocenters. The van der Waals surface area contributed by atoms with Crippen LogP contribution in [0.5, 0.6) is 0 Å².